The van der Waals surface area contributed by atoms with Crippen molar-refractivity contribution in [1.29, 1.82) is 0 Å². The molecule has 0 atom stereocenters. The second-order valence-corrected chi connectivity index (χ2v) is 5.63. The molecule has 1 N–H and O–H groups in total. The van der Waals surface area contributed by atoms with Gasteiger partial charge in [0.2, 0.25) is 0 Å². The third kappa shape index (κ3) is 3.96. The van der Waals surface area contributed by atoms with Crippen LogP contribution in [0.15, 0.2) is 67.0 Å². The molecule has 0 radical (unpaired) electrons. The zero-order valence-electron chi connectivity index (χ0n) is 14.0. The first-order valence-electron chi connectivity index (χ1n) is 8.05. The standard InChI is InChI=1S/C20H17F3N2O/c1-2-11-24-13-14-5-10-18(19-17(14)4-3-12-25-19)26-16-8-6-15(7-9-16)20(21,22)23/h2-12,24H,13H2,1H3. The van der Waals surface area contributed by atoms with Crippen LogP contribution >= 0.6 is 0 Å². The lowest BCUT2D eigenvalue weighted by Gasteiger charge is -2.12. The van der Waals surface area contributed by atoms with Gasteiger partial charge in [0.05, 0.1) is 5.56 Å². The average molecular weight is 358 g/mol. The van der Waals surface area contributed by atoms with Crippen LogP contribution in [0.3, 0.4) is 0 Å². The highest BCUT2D eigenvalue weighted by atomic mass is 19.4. The summed E-state index contributed by atoms with van der Waals surface area (Å²) in [6, 6.07) is 12.1. The fourth-order valence-corrected chi connectivity index (χ4v) is 2.57. The molecule has 3 aromatic rings. The Morgan fingerprint density at radius 3 is 2.54 bits per heavy atom. The molecule has 134 valence electrons. The molecule has 0 bridgehead atoms. The van der Waals surface area contributed by atoms with Crippen molar-refractivity contribution in [3.8, 4) is 11.5 Å². The van der Waals surface area contributed by atoms with Gasteiger partial charge in [-0.15, -0.1) is 0 Å². The Morgan fingerprint density at radius 2 is 1.85 bits per heavy atom. The summed E-state index contributed by atoms with van der Waals surface area (Å²) in [6.07, 6.45) is 1.05. The fourth-order valence-electron chi connectivity index (χ4n) is 2.57. The molecule has 3 rings (SSSR count). The normalized spacial score (nSPS) is 11.8. The number of aromatic nitrogens is 1. The highest BCUT2D eigenvalue weighted by Gasteiger charge is 2.30. The van der Waals surface area contributed by atoms with Crippen LogP contribution in [0.5, 0.6) is 11.5 Å². The summed E-state index contributed by atoms with van der Waals surface area (Å²) in [5.74, 6) is 0.819. The molecule has 0 spiro atoms. The lowest BCUT2D eigenvalue weighted by atomic mass is 10.1. The molecule has 0 fully saturated rings. The number of allylic oxidation sites excluding steroid dienone is 1. The van der Waals surface area contributed by atoms with Crippen LogP contribution in [-0.4, -0.2) is 4.98 Å². The van der Waals surface area contributed by atoms with E-state index in [1.807, 2.05) is 37.4 Å². The molecule has 0 aliphatic carbocycles. The predicted octanol–water partition coefficient (Wildman–Crippen LogP) is 5.67. The van der Waals surface area contributed by atoms with Crippen molar-refractivity contribution in [2.45, 2.75) is 19.6 Å². The molecule has 1 aromatic heterocycles. The van der Waals surface area contributed by atoms with E-state index in [1.54, 1.807) is 12.3 Å². The molecule has 0 aliphatic heterocycles. The number of fused-ring (bicyclic) bond motifs is 1. The van der Waals surface area contributed by atoms with Crippen molar-refractivity contribution in [3.05, 3.63) is 78.1 Å². The summed E-state index contributed by atoms with van der Waals surface area (Å²) in [5, 5.41) is 4.10. The molecule has 0 saturated carbocycles. The quantitative estimate of drug-likeness (QED) is 0.638. The van der Waals surface area contributed by atoms with Crippen molar-refractivity contribution in [1.82, 2.24) is 10.3 Å². The summed E-state index contributed by atoms with van der Waals surface area (Å²) in [6.45, 7) is 2.56. The monoisotopic (exact) mass is 358 g/mol. The predicted molar refractivity (Wildman–Crippen MR) is 94.9 cm³/mol. The van der Waals surface area contributed by atoms with Gasteiger partial charge in [-0.1, -0.05) is 18.2 Å². The first kappa shape index (κ1) is 17.8. The van der Waals surface area contributed by atoms with Gasteiger partial charge < -0.3 is 10.1 Å². The smallest absolute Gasteiger partial charge is 0.416 e. The van der Waals surface area contributed by atoms with Crippen molar-refractivity contribution in [3.63, 3.8) is 0 Å². The number of nitrogens with zero attached hydrogens (tertiary/aromatic N) is 1. The van der Waals surface area contributed by atoms with E-state index in [1.165, 1.54) is 12.1 Å². The van der Waals surface area contributed by atoms with Crippen molar-refractivity contribution in [2.24, 2.45) is 0 Å². The van der Waals surface area contributed by atoms with E-state index >= 15 is 0 Å². The number of benzene rings is 2. The van der Waals surface area contributed by atoms with Crippen molar-refractivity contribution < 1.29 is 17.9 Å². The second-order valence-electron chi connectivity index (χ2n) is 5.63. The topological polar surface area (TPSA) is 34.1 Å². The Kier molecular flexibility index (Phi) is 5.11. The maximum Gasteiger partial charge on any atom is 0.416 e. The van der Waals surface area contributed by atoms with Crippen LogP contribution in [0.25, 0.3) is 10.9 Å². The third-order valence-corrected chi connectivity index (χ3v) is 3.81. The minimum Gasteiger partial charge on any atom is -0.455 e. The Balaban J connectivity index is 1.90. The van der Waals surface area contributed by atoms with Gasteiger partial charge in [-0.25, -0.2) is 0 Å². The molecule has 0 unspecified atom stereocenters. The van der Waals surface area contributed by atoms with Gasteiger partial charge in [0, 0.05) is 18.1 Å². The first-order chi connectivity index (χ1) is 12.5. The molecule has 1 heterocycles. The molecule has 0 amide bonds. The lowest BCUT2D eigenvalue weighted by Crippen LogP contribution is -2.05. The van der Waals surface area contributed by atoms with E-state index in [-0.39, 0.29) is 0 Å². The van der Waals surface area contributed by atoms with Gasteiger partial charge in [0.25, 0.3) is 0 Å². The molecule has 3 nitrogen and oxygen atoms in total. The summed E-state index contributed by atoms with van der Waals surface area (Å²) in [7, 11) is 0. The second kappa shape index (κ2) is 7.47. The van der Waals surface area contributed by atoms with E-state index in [0.29, 0.717) is 23.6 Å². The van der Waals surface area contributed by atoms with Gasteiger partial charge in [-0.3, -0.25) is 4.98 Å². The van der Waals surface area contributed by atoms with Crippen LogP contribution < -0.4 is 10.1 Å². The number of ether oxygens (including phenoxy) is 1. The van der Waals surface area contributed by atoms with E-state index in [0.717, 1.165) is 23.1 Å². The van der Waals surface area contributed by atoms with Gasteiger partial charge in [0.1, 0.15) is 11.3 Å². The van der Waals surface area contributed by atoms with Gasteiger partial charge in [-0.2, -0.15) is 13.2 Å². The van der Waals surface area contributed by atoms with Crippen LogP contribution in [0.4, 0.5) is 13.2 Å². The summed E-state index contributed by atoms with van der Waals surface area (Å²) in [5.41, 5.74) is 0.997. The Morgan fingerprint density at radius 1 is 1.08 bits per heavy atom. The van der Waals surface area contributed by atoms with Gasteiger partial charge in [0.15, 0.2) is 5.75 Å². The molecule has 2 aromatic carbocycles. The highest BCUT2D eigenvalue weighted by Crippen LogP contribution is 2.33. The number of halogens is 3. The van der Waals surface area contributed by atoms with Gasteiger partial charge in [-0.05, 0) is 55.1 Å². The van der Waals surface area contributed by atoms with Crippen LogP contribution in [0.1, 0.15) is 18.1 Å². The number of alkyl halides is 3. The van der Waals surface area contributed by atoms with Gasteiger partial charge >= 0.3 is 6.18 Å². The number of hydrogen-bond acceptors (Lipinski definition) is 3. The largest absolute Gasteiger partial charge is 0.455 e. The van der Waals surface area contributed by atoms with Crippen molar-refractivity contribution in [2.75, 3.05) is 0 Å². The van der Waals surface area contributed by atoms with E-state index in [9.17, 15) is 13.2 Å². The molecular weight excluding hydrogens is 341 g/mol. The van der Waals surface area contributed by atoms with E-state index in [2.05, 4.69) is 10.3 Å². The molecular formula is C20H17F3N2O. The maximum absolute atomic E-state index is 12.7. The first-order valence-corrected chi connectivity index (χ1v) is 8.05. The zero-order valence-corrected chi connectivity index (χ0v) is 14.0. The lowest BCUT2D eigenvalue weighted by molar-refractivity contribution is -0.137. The SMILES string of the molecule is CC=CNCc1ccc(Oc2ccc(C(F)(F)F)cc2)c2ncccc12. The molecule has 6 heteroatoms. The molecule has 0 aliphatic rings. The molecule has 26 heavy (non-hydrogen) atoms. The number of pyridine rings is 1. The summed E-state index contributed by atoms with van der Waals surface area (Å²) < 4.78 is 43.8. The third-order valence-electron chi connectivity index (χ3n) is 3.81. The Labute approximate surface area is 149 Å². The minimum absolute atomic E-state index is 0.324. The Bertz CT molecular complexity index is 918. The van der Waals surface area contributed by atoms with Crippen LogP contribution in [-0.2, 0) is 12.7 Å². The molecule has 0 saturated heterocycles. The fraction of sp³-hybridized carbons (Fsp3) is 0.150. The van der Waals surface area contributed by atoms with E-state index in [4.69, 9.17) is 4.74 Å². The van der Waals surface area contributed by atoms with E-state index < -0.39 is 11.7 Å². The Hall–Kier alpha value is -3.02. The maximum atomic E-state index is 12.7. The average Bonchev–Trinajstić information content (AvgIpc) is 2.63. The number of hydrogen-bond donors (Lipinski definition) is 1. The number of rotatable bonds is 5. The summed E-state index contributed by atoms with van der Waals surface area (Å²) in [4.78, 5) is 4.37. The zero-order chi connectivity index (χ0) is 18.6. The number of nitrogens with one attached hydrogen (secondary N) is 1. The minimum atomic E-state index is -4.37. The van der Waals surface area contributed by atoms with Crippen LogP contribution in [0.2, 0.25) is 0 Å². The van der Waals surface area contributed by atoms with Crippen LogP contribution in [0, 0.1) is 0 Å². The van der Waals surface area contributed by atoms with Crippen molar-refractivity contribution >= 4 is 10.9 Å². The highest BCUT2D eigenvalue weighted by molar-refractivity contribution is 5.87. The summed E-state index contributed by atoms with van der Waals surface area (Å²) >= 11 is 0.